The van der Waals surface area contributed by atoms with Gasteiger partial charge in [-0.25, -0.2) is 4.39 Å². The van der Waals surface area contributed by atoms with Gasteiger partial charge in [0.2, 0.25) is 0 Å². The third kappa shape index (κ3) is 6.38. The molecule has 0 radical (unpaired) electrons. The predicted molar refractivity (Wildman–Crippen MR) is 125 cm³/mol. The van der Waals surface area contributed by atoms with Crippen molar-refractivity contribution in [3.63, 3.8) is 0 Å². The van der Waals surface area contributed by atoms with Crippen LogP contribution >= 0.6 is 0 Å². The number of hydrogen-bond acceptors (Lipinski definition) is 5. The molecule has 1 fully saturated rings. The van der Waals surface area contributed by atoms with Crippen LogP contribution in [0, 0.1) is 11.2 Å². The molecule has 1 aliphatic carbocycles. The lowest BCUT2D eigenvalue weighted by Crippen LogP contribution is -2.53. The molecular weight excluding hydrogens is 407 g/mol. The Balaban J connectivity index is 1.58. The number of rotatable bonds is 9. The highest BCUT2D eigenvalue weighted by Crippen LogP contribution is 2.28. The van der Waals surface area contributed by atoms with E-state index in [0.717, 1.165) is 32.2 Å². The molecule has 0 spiro atoms. The molecular formula is C24H31FN6O. The number of primary amides is 1. The summed E-state index contributed by atoms with van der Waals surface area (Å²) in [6.07, 6.45) is 5.03. The topological polar surface area (TPSA) is 129 Å². The Hall–Kier alpha value is -3.23. The van der Waals surface area contributed by atoms with E-state index in [1.54, 1.807) is 0 Å². The summed E-state index contributed by atoms with van der Waals surface area (Å²) >= 11 is 0. The summed E-state index contributed by atoms with van der Waals surface area (Å²) < 4.78 is 13.1. The van der Waals surface area contributed by atoms with E-state index in [9.17, 15) is 9.18 Å². The molecule has 1 saturated carbocycles. The van der Waals surface area contributed by atoms with Gasteiger partial charge in [0, 0.05) is 36.6 Å². The Labute approximate surface area is 188 Å². The molecule has 1 aliphatic rings. The van der Waals surface area contributed by atoms with Crippen molar-refractivity contribution in [2.75, 3.05) is 11.9 Å². The molecule has 2 aromatic rings. The summed E-state index contributed by atoms with van der Waals surface area (Å²) in [4.78, 5) is 12.0. The molecule has 7 nitrogen and oxygen atoms in total. The number of nitrogens with two attached hydrogens (primary N) is 2. The molecule has 0 aliphatic heterocycles. The van der Waals surface area contributed by atoms with Crippen LogP contribution in [0.1, 0.15) is 31.2 Å². The Bertz CT molecular complexity index is 937. The second-order valence-electron chi connectivity index (χ2n) is 8.20. The fourth-order valence-corrected chi connectivity index (χ4v) is 3.88. The maximum Gasteiger partial charge on any atom is 0.253 e. The van der Waals surface area contributed by atoms with Gasteiger partial charge < -0.3 is 27.4 Å². The molecule has 8 N–H and O–H groups in total. The Morgan fingerprint density at radius 3 is 2.38 bits per heavy atom. The fraction of sp³-hybridized carbons (Fsp3) is 0.333. The molecule has 0 unspecified atom stereocenters. The van der Waals surface area contributed by atoms with E-state index in [1.807, 2.05) is 18.2 Å². The smallest absolute Gasteiger partial charge is 0.253 e. The second-order valence-corrected chi connectivity index (χ2v) is 8.20. The molecule has 170 valence electrons. The molecule has 32 heavy (non-hydrogen) atoms. The lowest BCUT2D eigenvalue weighted by molar-refractivity contribution is -0.114. The number of carbonyl (C=O) groups is 1. The maximum atomic E-state index is 13.1. The average Bonchev–Trinajstić information content (AvgIpc) is 2.80. The normalized spacial score (nSPS) is 21.1. The number of nitrogens with one attached hydrogen (secondary N) is 4. The van der Waals surface area contributed by atoms with Crippen molar-refractivity contribution in [1.29, 1.82) is 5.41 Å². The van der Waals surface area contributed by atoms with Crippen LogP contribution in [0.25, 0.3) is 0 Å². The lowest BCUT2D eigenvalue weighted by atomic mass is 9.79. The third-order valence-corrected chi connectivity index (χ3v) is 5.94. The highest BCUT2D eigenvalue weighted by atomic mass is 19.1. The number of anilines is 1. The molecule has 3 rings (SSSR count). The first-order chi connectivity index (χ1) is 15.4. The van der Waals surface area contributed by atoms with Gasteiger partial charge in [0.15, 0.2) is 0 Å². The molecule has 1 amide bonds. The predicted octanol–water partition coefficient (Wildman–Crippen LogP) is 2.60. The van der Waals surface area contributed by atoms with Crippen molar-refractivity contribution in [2.45, 2.75) is 43.8 Å². The van der Waals surface area contributed by atoms with E-state index < -0.39 is 5.91 Å². The number of halogens is 1. The van der Waals surface area contributed by atoms with Crippen LogP contribution in [0.4, 0.5) is 10.1 Å². The highest BCUT2D eigenvalue weighted by molar-refractivity contribution is 6.23. The Morgan fingerprint density at radius 2 is 1.78 bits per heavy atom. The standard InChI is InChI=1S/C24H31FN6O/c25-18-6-8-20(9-7-18)31-22(27)21(23(28)32)15-30-24(16-26)12-10-19(11-13-24)29-14-17-4-2-1-3-5-17/h1-9,15,19,29-30H,10-14,16,26H2,(H2,27,31)(H2,28,32)/b21-15+/t19-,24+. The summed E-state index contributed by atoms with van der Waals surface area (Å²) in [6.45, 7) is 1.23. The van der Waals surface area contributed by atoms with Gasteiger partial charge in [0.25, 0.3) is 5.91 Å². The average molecular weight is 439 g/mol. The number of carbonyl (C=O) groups excluding carboxylic acids is 1. The van der Waals surface area contributed by atoms with Crippen LogP contribution in [-0.4, -0.2) is 29.9 Å². The van der Waals surface area contributed by atoms with Gasteiger partial charge in [-0.3, -0.25) is 10.2 Å². The van der Waals surface area contributed by atoms with Crippen LogP contribution in [0.2, 0.25) is 0 Å². The molecule has 0 saturated heterocycles. The SMILES string of the molecule is N=C(Nc1ccc(F)cc1)/C(=C\N[C@]1(CN)CC[C@H](NCc2ccccc2)CC1)C(N)=O. The highest BCUT2D eigenvalue weighted by Gasteiger charge is 2.33. The first kappa shape index (κ1) is 23.4. The number of benzene rings is 2. The quantitative estimate of drug-likeness (QED) is 0.204. The molecule has 8 heteroatoms. The van der Waals surface area contributed by atoms with Gasteiger partial charge in [-0.1, -0.05) is 30.3 Å². The van der Waals surface area contributed by atoms with Crippen molar-refractivity contribution in [2.24, 2.45) is 11.5 Å². The summed E-state index contributed by atoms with van der Waals surface area (Å²) in [5.41, 5.74) is 13.0. The fourth-order valence-electron chi connectivity index (χ4n) is 3.88. The number of amides is 1. The summed E-state index contributed by atoms with van der Waals surface area (Å²) in [5, 5.41) is 17.9. The first-order valence-corrected chi connectivity index (χ1v) is 10.8. The Morgan fingerprint density at radius 1 is 1.12 bits per heavy atom. The van der Waals surface area contributed by atoms with E-state index in [4.69, 9.17) is 16.9 Å². The van der Waals surface area contributed by atoms with Crippen LogP contribution < -0.4 is 27.4 Å². The first-order valence-electron chi connectivity index (χ1n) is 10.8. The lowest BCUT2D eigenvalue weighted by Gasteiger charge is -2.40. The second kappa shape index (κ2) is 10.9. The zero-order chi connectivity index (χ0) is 23.0. The minimum Gasteiger partial charge on any atom is -0.383 e. The van der Waals surface area contributed by atoms with E-state index in [2.05, 4.69) is 28.1 Å². The third-order valence-electron chi connectivity index (χ3n) is 5.94. The minimum absolute atomic E-state index is 0.00600. The van der Waals surface area contributed by atoms with Gasteiger partial charge in [0.1, 0.15) is 11.7 Å². The van der Waals surface area contributed by atoms with E-state index in [1.165, 1.54) is 36.0 Å². The number of hydrogen-bond donors (Lipinski definition) is 6. The summed E-state index contributed by atoms with van der Waals surface area (Å²) in [5.74, 6) is -1.28. The Kier molecular flexibility index (Phi) is 7.97. The van der Waals surface area contributed by atoms with E-state index in [0.29, 0.717) is 18.3 Å². The minimum atomic E-state index is -0.734. The van der Waals surface area contributed by atoms with E-state index >= 15 is 0 Å². The van der Waals surface area contributed by atoms with Crippen molar-refractivity contribution in [3.05, 3.63) is 77.8 Å². The molecule has 0 aromatic heterocycles. The molecule has 2 aromatic carbocycles. The van der Waals surface area contributed by atoms with Crippen molar-refractivity contribution in [1.82, 2.24) is 10.6 Å². The maximum absolute atomic E-state index is 13.1. The van der Waals surface area contributed by atoms with Crippen molar-refractivity contribution >= 4 is 17.4 Å². The van der Waals surface area contributed by atoms with Crippen LogP contribution in [0.3, 0.4) is 0 Å². The van der Waals surface area contributed by atoms with Gasteiger partial charge in [-0.2, -0.15) is 0 Å². The van der Waals surface area contributed by atoms with Crippen LogP contribution in [0.15, 0.2) is 66.4 Å². The summed E-state index contributed by atoms with van der Waals surface area (Å²) in [6, 6.07) is 16.2. The number of amidine groups is 1. The zero-order valence-corrected chi connectivity index (χ0v) is 18.0. The van der Waals surface area contributed by atoms with Gasteiger partial charge >= 0.3 is 0 Å². The summed E-state index contributed by atoms with van der Waals surface area (Å²) in [7, 11) is 0. The zero-order valence-electron chi connectivity index (χ0n) is 18.0. The van der Waals surface area contributed by atoms with Gasteiger partial charge in [-0.15, -0.1) is 0 Å². The van der Waals surface area contributed by atoms with Crippen molar-refractivity contribution in [3.8, 4) is 0 Å². The van der Waals surface area contributed by atoms with Crippen molar-refractivity contribution < 1.29 is 9.18 Å². The molecule has 0 heterocycles. The van der Waals surface area contributed by atoms with Crippen LogP contribution in [0.5, 0.6) is 0 Å². The molecule has 0 bridgehead atoms. The van der Waals surface area contributed by atoms with Gasteiger partial charge in [0.05, 0.1) is 5.57 Å². The monoisotopic (exact) mass is 438 g/mol. The largest absolute Gasteiger partial charge is 0.383 e. The van der Waals surface area contributed by atoms with Gasteiger partial charge in [-0.05, 0) is 55.5 Å². The van der Waals surface area contributed by atoms with E-state index in [-0.39, 0.29) is 22.8 Å². The van der Waals surface area contributed by atoms with Crippen LogP contribution in [-0.2, 0) is 11.3 Å². The molecule has 0 atom stereocenters.